The van der Waals surface area contributed by atoms with E-state index < -0.39 is 86.8 Å². The number of rotatable bonds is 47. The summed E-state index contributed by atoms with van der Waals surface area (Å²) in [7, 11) is 0. The highest BCUT2D eigenvalue weighted by molar-refractivity contribution is 5.76. The third kappa shape index (κ3) is 33.5. The van der Waals surface area contributed by atoms with Crippen LogP contribution in [0.5, 0.6) is 0 Å². The third-order valence-corrected chi connectivity index (χ3v) is 14.3. The van der Waals surface area contributed by atoms with Crippen molar-refractivity contribution in [1.82, 2.24) is 5.32 Å². The van der Waals surface area contributed by atoms with Crippen molar-refractivity contribution < 1.29 is 64.6 Å². The van der Waals surface area contributed by atoms with Gasteiger partial charge in [0.2, 0.25) is 5.91 Å². The van der Waals surface area contributed by atoms with E-state index in [0.717, 1.165) is 77.0 Å². The van der Waals surface area contributed by atoms with Gasteiger partial charge >= 0.3 is 0 Å². The SMILES string of the molecule is CC/C=C\C/C=C\C/C=C\C/C=C\C/C=C\C/C=C\CCCCCCCCCCCCCCCCC(=O)NC(COC1OC(CO)C(OC2OC(CO)C(O)C(O)C2O)C(O)C1O)C(O)/C=C/CCCCCCCCCC. The fourth-order valence-corrected chi connectivity index (χ4v) is 9.47. The Bertz CT molecular complexity index is 1610. The lowest BCUT2D eigenvalue weighted by Gasteiger charge is -2.46. The summed E-state index contributed by atoms with van der Waals surface area (Å²) in [4.78, 5) is 13.2. The molecule has 0 radical (unpaired) electrons. The van der Waals surface area contributed by atoms with Crippen LogP contribution in [0.25, 0.3) is 0 Å². The number of aliphatic hydroxyl groups excluding tert-OH is 8. The number of hydrogen-bond donors (Lipinski definition) is 9. The first-order chi connectivity index (χ1) is 37.6. The van der Waals surface area contributed by atoms with Crippen LogP contribution in [0, 0.1) is 0 Å². The number of carbonyl (C=O) groups is 1. The fourth-order valence-electron chi connectivity index (χ4n) is 9.47. The maximum Gasteiger partial charge on any atom is 0.220 e. The Hall–Kier alpha value is -2.83. The molecule has 0 aromatic carbocycles. The van der Waals surface area contributed by atoms with Gasteiger partial charge in [-0.15, -0.1) is 0 Å². The first kappa shape index (κ1) is 70.3. The van der Waals surface area contributed by atoms with Gasteiger partial charge in [0.05, 0.1) is 32.0 Å². The molecule has 14 heteroatoms. The topological polar surface area (TPSA) is 228 Å². The van der Waals surface area contributed by atoms with Gasteiger partial charge in [-0.3, -0.25) is 4.79 Å². The average molecular weight is 1090 g/mol. The van der Waals surface area contributed by atoms with Crippen molar-refractivity contribution in [2.75, 3.05) is 19.8 Å². The van der Waals surface area contributed by atoms with Crippen molar-refractivity contribution in [1.29, 1.82) is 0 Å². The molecular formula is C63H109NO13. The van der Waals surface area contributed by atoms with Crippen LogP contribution in [0.3, 0.4) is 0 Å². The number of ether oxygens (including phenoxy) is 4. The number of aliphatic hydroxyl groups is 8. The zero-order chi connectivity index (χ0) is 56.0. The van der Waals surface area contributed by atoms with Crippen LogP contribution in [0.15, 0.2) is 85.1 Å². The lowest BCUT2D eigenvalue weighted by molar-refractivity contribution is -0.359. The van der Waals surface area contributed by atoms with E-state index in [0.29, 0.717) is 6.42 Å². The van der Waals surface area contributed by atoms with Gasteiger partial charge in [-0.1, -0.05) is 221 Å². The molecule has 0 aromatic heterocycles. The predicted octanol–water partition coefficient (Wildman–Crippen LogP) is 10.5. The Morgan fingerprint density at radius 2 is 0.896 bits per heavy atom. The first-order valence-corrected chi connectivity index (χ1v) is 30.3. The largest absolute Gasteiger partial charge is 0.394 e. The van der Waals surface area contributed by atoms with Crippen LogP contribution >= 0.6 is 0 Å². The molecule has 444 valence electrons. The molecule has 2 saturated heterocycles. The molecule has 12 unspecified atom stereocenters. The lowest BCUT2D eigenvalue weighted by Crippen LogP contribution is -2.65. The zero-order valence-electron chi connectivity index (χ0n) is 47.7. The summed E-state index contributed by atoms with van der Waals surface area (Å²) in [5.74, 6) is -0.245. The molecule has 2 rings (SSSR count). The maximum absolute atomic E-state index is 13.2. The van der Waals surface area contributed by atoms with Crippen molar-refractivity contribution in [3.63, 3.8) is 0 Å². The van der Waals surface area contributed by atoms with Crippen molar-refractivity contribution in [2.45, 2.75) is 286 Å². The minimum absolute atomic E-state index is 0.245. The molecular weight excluding hydrogens is 979 g/mol. The van der Waals surface area contributed by atoms with Crippen LogP contribution in [0.1, 0.15) is 213 Å². The normalized spacial score (nSPS) is 25.3. The molecule has 1 amide bonds. The van der Waals surface area contributed by atoms with E-state index in [4.69, 9.17) is 18.9 Å². The predicted molar refractivity (Wildman–Crippen MR) is 309 cm³/mol. The summed E-state index contributed by atoms with van der Waals surface area (Å²) in [6.45, 7) is 2.64. The van der Waals surface area contributed by atoms with Crippen LogP contribution in [0.4, 0.5) is 0 Å². The van der Waals surface area contributed by atoms with Gasteiger partial charge in [0.25, 0.3) is 0 Å². The molecule has 9 N–H and O–H groups in total. The van der Waals surface area contributed by atoms with Crippen LogP contribution in [-0.4, -0.2) is 140 Å². The van der Waals surface area contributed by atoms with Crippen molar-refractivity contribution >= 4 is 5.91 Å². The molecule has 77 heavy (non-hydrogen) atoms. The third-order valence-electron chi connectivity index (χ3n) is 14.3. The van der Waals surface area contributed by atoms with Crippen LogP contribution < -0.4 is 5.32 Å². The van der Waals surface area contributed by atoms with Crippen molar-refractivity contribution in [3.05, 3.63) is 85.1 Å². The molecule has 0 aromatic rings. The van der Waals surface area contributed by atoms with Gasteiger partial charge in [-0.25, -0.2) is 0 Å². The summed E-state index contributed by atoms with van der Waals surface area (Å²) < 4.78 is 22.7. The van der Waals surface area contributed by atoms with Crippen molar-refractivity contribution in [2.24, 2.45) is 0 Å². The highest BCUT2D eigenvalue weighted by Crippen LogP contribution is 2.30. The Labute approximate surface area is 465 Å². The fraction of sp³-hybridized carbons (Fsp3) is 0.762. The van der Waals surface area contributed by atoms with E-state index in [9.17, 15) is 45.6 Å². The van der Waals surface area contributed by atoms with E-state index >= 15 is 0 Å². The molecule has 12 atom stereocenters. The van der Waals surface area contributed by atoms with Gasteiger partial charge in [0, 0.05) is 6.42 Å². The van der Waals surface area contributed by atoms with Crippen LogP contribution in [0.2, 0.25) is 0 Å². The summed E-state index contributed by atoms with van der Waals surface area (Å²) in [6, 6.07) is -0.917. The van der Waals surface area contributed by atoms with E-state index in [1.165, 1.54) is 109 Å². The number of allylic oxidation sites excluding steroid dienone is 13. The second-order valence-corrected chi connectivity index (χ2v) is 21.1. The van der Waals surface area contributed by atoms with Gasteiger partial charge < -0.3 is 65.1 Å². The number of unbranched alkanes of at least 4 members (excludes halogenated alkanes) is 22. The molecule has 0 bridgehead atoms. The quantitative estimate of drug-likeness (QED) is 0.0204. The molecule has 0 spiro atoms. The standard InChI is InChI=1S/C63H109NO13/c1-3-5-7-9-11-13-15-16-17-18-19-20-21-22-23-24-25-26-27-28-29-30-31-32-33-34-35-36-37-39-41-43-45-47-55(68)64-51(52(67)46-44-42-40-38-14-12-10-8-6-4-2)50-74-62-60(73)58(71)61(54(49-66)76-62)77-63-59(72)57(70)56(69)53(48-65)75-63/h5,7,11,13,16-17,19-20,22-23,25-26,44,46,51-54,56-63,65-67,69-73H,3-4,6,8-10,12,14-15,18,21,24,27-43,45,47-50H2,1-2H3,(H,64,68)/b7-5-,13-11-,17-16-,20-19-,23-22-,26-25-,46-44+. The molecule has 2 fully saturated rings. The zero-order valence-corrected chi connectivity index (χ0v) is 47.7. The Balaban J connectivity index is 1.63. The number of carbonyl (C=O) groups excluding carboxylic acids is 1. The summed E-state index contributed by atoms with van der Waals surface area (Å²) in [6.07, 6.45) is 47.9. The number of nitrogens with one attached hydrogen (secondary N) is 1. The summed E-state index contributed by atoms with van der Waals surface area (Å²) in [5.41, 5.74) is 0. The first-order valence-electron chi connectivity index (χ1n) is 30.3. The van der Waals surface area contributed by atoms with E-state index in [2.05, 4.69) is 92.1 Å². The smallest absolute Gasteiger partial charge is 0.220 e. The molecule has 0 aliphatic carbocycles. The Kier molecular flexibility index (Phi) is 43.7. The van der Waals surface area contributed by atoms with Crippen molar-refractivity contribution in [3.8, 4) is 0 Å². The van der Waals surface area contributed by atoms with E-state index in [1.54, 1.807) is 6.08 Å². The Morgan fingerprint density at radius 1 is 0.481 bits per heavy atom. The highest BCUT2D eigenvalue weighted by Gasteiger charge is 2.51. The summed E-state index contributed by atoms with van der Waals surface area (Å²) >= 11 is 0. The highest BCUT2D eigenvalue weighted by atomic mass is 16.7. The molecule has 14 nitrogen and oxygen atoms in total. The van der Waals surface area contributed by atoms with Crippen LogP contribution in [-0.2, 0) is 23.7 Å². The van der Waals surface area contributed by atoms with E-state index in [1.807, 2.05) is 6.08 Å². The number of amides is 1. The average Bonchev–Trinajstić information content (AvgIpc) is 3.45. The minimum Gasteiger partial charge on any atom is -0.394 e. The molecule has 0 saturated carbocycles. The lowest BCUT2D eigenvalue weighted by atomic mass is 9.97. The molecule has 2 aliphatic heterocycles. The monoisotopic (exact) mass is 1090 g/mol. The molecule has 2 aliphatic rings. The van der Waals surface area contributed by atoms with Gasteiger partial charge in [-0.05, 0) is 70.6 Å². The van der Waals surface area contributed by atoms with Gasteiger partial charge in [0.1, 0.15) is 48.8 Å². The number of hydrogen-bond acceptors (Lipinski definition) is 13. The second kappa shape index (κ2) is 47.9. The summed E-state index contributed by atoms with van der Waals surface area (Å²) in [5, 5.41) is 86.9. The molecule has 2 heterocycles. The van der Waals surface area contributed by atoms with E-state index in [-0.39, 0.29) is 18.9 Å². The second-order valence-electron chi connectivity index (χ2n) is 21.1. The maximum atomic E-state index is 13.2. The van der Waals surface area contributed by atoms with Gasteiger partial charge in [-0.2, -0.15) is 0 Å². The van der Waals surface area contributed by atoms with Gasteiger partial charge in [0.15, 0.2) is 12.6 Å². The minimum atomic E-state index is -1.79. The Morgan fingerprint density at radius 3 is 1.38 bits per heavy atom.